The Morgan fingerprint density at radius 1 is 1.50 bits per heavy atom. The predicted molar refractivity (Wildman–Crippen MR) is 65.0 cm³/mol. The van der Waals surface area contributed by atoms with Crippen LogP contribution in [-0.2, 0) is 17.6 Å². The second-order valence-corrected chi connectivity index (χ2v) is 4.77. The molecule has 0 amide bonds. The first-order chi connectivity index (χ1) is 7.69. The van der Waals surface area contributed by atoms with Crippen molar-refractivity contribution in [1.29, 1.82) is 0 Å². The van der Waals surface area contributed by atoms with Crippen LogP contribution in [-0.4, -0.2) is 16.1 Å². The maximum atomic E-state index is 10.5. The van der Waals surface area contributed by atoms with Crippen LogP contribution in [0, 0.1) is 0 Å². The van der Waals surface area contributed by atoms with Gasteiger partial charge in [-0.2, -0.15) is 0 Å². The molecule has 1 N–H and O–H groups in total. The molecular weight excluding hydrogens is 222 g/mol. The summed E-state index contributed by atoms with van der Waals surface area (Å²) in [6, 6.07) is 5.99. The van der Waals surface area contributed by atoms with Gasteiger partial charge in [0.15, 0.2) is 0 Å². The molecule has 0 aliphatic heterocycles. The molecule has 84 valence electrons. The Bertz CT molecular complexity index is 519. The Kier molecular flexibility index (Phi) is 3.19. The van der Waals surface area contributed by atoms with Crippen molar-refractivity contribution >= 4 is 27.5 Å². The van der Waals surface area contributed by atoms with E-state index in [0.29, 0.717) is 6.42 Å². The topological polar surface area (TPSA) is 50.2 Å². The van der Waals surface area contributed by atoms with Crippen molar-refractivity contribution in [2.45, 2.75) is 26.2 Å². The van der Waals surface area contributed by atoms with E-state index in [1.54, 1.807) is 11.3 Å². The molecule has 1 heterocycles. The smallest absolute Gasteiger partial charge is 0.303 e. The summed E-state index contributed by atoms with van der Waals surface area (Å²) in [6.07, 6.45) is 1.72. The third-order valence-electron chi connectivity index (χ3n) is 2.43. The second-order valence-electron chi connectivity index (χ2n) is 3.66. The highest BCUT2D eigenvalue weighted by Gasteiger charge is 2.04. The summed E-state index contributed by atoms with van der Waals surface area (Å²) < 4.78 is 1.15. The van der Waals surface area contributed by atoms with Crippen LogP contribution in [0.5, 0.6) is 0 Å². The number of hydrogen-bond acceptors (Lipinski definition) is 3. The van der Waals surface area contributed by atoms with Crippen LogP contribution >= 0.6 is 11.3 Å². The van der Waals surface area contributed by atoms with E-state index in [-0.39, 0.29) is 6.42 Å². The lowest BCUT2D eigenvalue weighted by molar-refractivity contribution is -0.136. The fourth-order valence-corrected chi connectivity index (χ4v) is 2.55. The zero-order valence-electron chi connectivity index (χ0n) is 9.06. The van der Waals surface area contributed by atoms with Crippen LogP contribution in [0.25, 0.3) is 10.2 Å². The van der Waals surface area contributed by atoms with Gasteiger partial charge in [0.2, 0.25) is 0 Å². The lowest BCUT2D eigenvalue weighted by atomic mass is 10.1. The molecule has 0 aliphatic rings. The van der Waals surface area contributed by atoms with E-state index >= 15 is 0 Å². The van der Waals surface area contributed by atoms with Gasteiger partial charge in [-0.1, -0.05) is 13.0 Å². The normalized spacial score (nSPS) is 10.8. The summed E-state index contributed by atoms with van der Waals surface area (Å²) in [4.78, 5) is 14.9. The molecule has 0 atom stereocenters. The summed E-state index contributed by atoms with van der Waals surface area (Å²) in [5.41, 5.74) is 2.09. The summed E-state index contributed by atoms with van der Waals surface area (Å²) >= 11 is 1.69. The highest BCUT2D eigenvalue weighted by atomic mass is 32.1. The number of aryl methyl sites for hydroxylation is 2. The van der Waals surface area contributed by atoms with Crippen molar-refractivity contribution in [3.8, 4) is 0 Å². The number of carbonyl (C=O) groups is 1. The molecule has 16 heavy (non-hydrogen) atoms. The van der Waals surface area contributed by atoms with E-state index in [1.165, 1.54) is 0 Å². The number of thiazole rings is 1. The number of fused-ring (bicyclic) bond motifs is 1. The summed E-state index contributed by atoms with van der Waals surface area (Å²) in [6.45, 7) is 2.09. The largest absolute Gasteiger partial charge is 0.481 e. The minimum absolute atomic E-state index is 0.185. The van der Waals surface area contributed by atoms with Gasteiger partial charge in [0.25, 0.3) is 0 Å². The first-order valence-electron chi connectivity index (χ1n) is 5.29. The summed E-state index contributed by atoms with van der Waals surface area (Å²) in [5.74, 6) is -0.751. The molecule has 1 aromatic heterocycles. The molecule has 0 aliphatic carbocycles. The molecule has 0 saturated heterocycles. The first kappa shape index (κ1) is 11.1. The minimum atomic E-state index is -0.751. The van der Waals surface area contributed by atoms with Crippen molar-refractivity contribution in [1.82, 2.24) is 4.98 Å². The highest BCUT2D eigenvalue weighted by molar-refractivity contribution is 7.18. The van der Waals surface area contributed by atoms with Crippen LogP contribution in [0.3, 0.4) is 0 Å². The number of benzene rings is 1. The van der Waals surface area contributed by atoms with Gasteiger partial charge in [-0.15, -0.1) is 11.3 Å². The van der Waals surface area contributed by atoms with Crippen molar-refractivity contribution in [2.24, 2.45) is 0 Å². The van der Waals surface area contributed by atoms with Gasteiger partial charge < -0.3 is 5.11 Å². The highest BCUT2D eigenvalue weighted by Crippen LogP contribution is 2.24. The summed E-state index contributed by atoms with van der Waals surface area (Å²) in [5, 5.41) is 9.75. The molecule has 0 radical (unpaired) electrons. The molecular formula is C12H13NO2S. The monoisotopic (exact) mass is 235 g/mol. The van der Waals surface area contributed by atoms with Gasteiger partial charge in [0.1, 0.15) is 0 Å². The minimum Gasteiger partial charge on any atom is -0.481 e. The maximum Gasteiger partial charge on any atom is 0.303 e. The van der Waals surface area contributed by atoms with E-state index in [2.05, 4.69) is 18.0 Å². The van der Waals surface area contributed by atoms with E-state index in [1.807, 2.05) is 12.1 Å². The Morgan fingerprint density at radius 3 is 3.00 bits per heavy atom. The van der Waals surface area contributed by atoms with Gasteiger partial charge >= 0.3 is 5.97 Å². The van der Waals surface area contributed by atoms with Crippen molar-refractivity contribution in [3.05, 3.63) is 28.8 Å². The fraction of sp³-hybridized carbons (Fsp3) is 0.333. The van der Waals surface area contributed by atoms with Crippen LogP contribution in [0.1, 0.15) is 23.9 Å². The van der Waals surface area contributed by atoms with Gasteiger partial charge in [0.05, 0.1) is 15.2 Å². The van der Waals surface area contributed by atoms with Crippen LogP contribution in [0.2, 0.25) is 0 Å². The van der Waals surface area contributed by atoms with E-state index < -0.39 is 5.97 Å². The molecule has 0 spiro atoms. The Hall–Kier alpha value is -1.42. The van der Waals surface area contributed by atoms with Crippen molar-refractivity contribution in [3.63, 3.8) is 0 Å². The average molecular weight is 235 g/mol. The predicted octanol–water partition coefficient (Wildman–Crippen LogP) is 2.88. The molecule has 3 nitrogen and oxygen atoms in total. The second kappa shape index (κ2) is 4.61. The number of carboxylic acids is 1. The number of aromatic nitrogens is 1. The lowest BCUT2D eigenvalue weighted by Gasteiger charge is -1.97. The third-order valence-corrected chi connectivity index (χ3v) is 3.59. The summed E-state index contributed by atoms with van der Waals surface area (Å²) in [7, 11) is 0. The SMILES string of the molecule is CCc1nc2ccc(CCC(=O)O)cc2s1. The fourth-order valence-electron chi connectivity index (χ4n) is 1.57. The molecule has 0 unspecified atom stereocenters. The van der Waals surface area contributed by atoms with Crippen LogP contribution < -0.4 is 0 Å². The van der Waals surface area contributed by atoms with Crippen molar-refractivity contribution in [2.75, 3.05) is 0 Å². The van der Waals surface area contributed by atoms with E-state index in [9.17, 15) is 4.79 Å². The maximum absolute atomic E-state index is 10.5. The zero-order valence-corrected chi connectivity index (χ0v) is 9.88. The Balaban J connectivity index is 2.25. The number of nitrogens with zero attached hydrogens (tertiary/aromatic N) is 1. The molecule has 0 saturated carbocycles. The van der Waals surface area contributed by atoms with Gasteiger partial charge in [-0.05, 0) is 30.5 Å². The van der Waals surface area contributed by atoms with Crippen molar-refractivity contribution < 1.29 is 9.90 Å². The molecule has 1 aromatic carbocycles. The quantitative estimate of drug-likeness (QED) is 0.886. The van der Waals surface area contributed by atoms with Crippen LogP contribution in [0.15, 0.2) is 18.2 Å². The van der Waals surface area contributed by atoms with Gasteiger partial charge in [-0.25, -0.2) is 4.98 Å². The van der Waals surface area contributed by atoms with Gasteiger partial charge in [0, 0.05) is 6.42 Å². The Morgan fingerprint density at radius 2 is 2.31 bits per heavy atom. The number of aliphatic carboxylic acids is 1. The van der Waals surface area contributed by atoms with Gasteiger partial charge in [-0.3, -0.25) is 4.79 Å². The number of hydrogen-bond donors (Lipinski definition) is 1. The standard InChI is InChI=1S/C12H13NO2S/c1-2-11-13-9-5-3-8(4-6-12(14)15)7-10(9)16-11/h3,5,7H,2,4,6H2,1H3,(H,14,15). The Labute approximate surface area is 97.8 Å². The zero-order chi connectivity index (χ0) is 11.5. The lowest BCUT2D eigenvalue weighted by Crippen LogP contribution is -1.96. The number of carboxylic acid groups (broad SMARTS) is 1. The average Bonchev–Trinajstić information content (AvgIpc) is 2.68. The van der Waals surface area contributed by atoms with Crippen LogP contribution in [0.4, 0.5) is 0 Å². The first-order valence-corrected chi connectivity index (χ1v) is 6.11. The number of rotatable bonds is 4. The van der Waals surface area contributed by atoms with E-state index in [0.717, 1.165) is 27.2 Å². The molecule has 2 rings (SSSR count). The molecule has 0 bridgehead atoms. The van der Waals surface area contributed by atoms with E-state index in [4.69, 9.17) is 5.11 Å². The molecule has 0 fully saturated rings. The third kappa shape index (κ3) is 2.39. The molecule has 4 heteroatoms. The molecule has 2 aromatic rings.